The van der Waals surface area contributed by atoms with Crippen LogP contribution in [0.2, 0.25) is 0 Å². The van der Waals surface area contributed by atoms with E-state index in [4.69, 9.17) is 0 Å². The molecule has 0 unspecified atom stereocenters. The van der Waals surface area contributed by atoms with Crippen LogP contribution in [-0.4, -0.2) is 22.6 Å². The number of fused-ring (bicyclic) bond motifs is 1. The van der Waals surface area contributed by atoms with Gasteiger partial charge in [0.2, 0.25) is 0 Å². The molecule has 1 atom stereocenters. The number of carbonyl (C=O) groups is 3. The summed E-state index contributed by atoms with van der Waals surface area (Å²) in [6.07, 6.45) is 0. The number of Topliss-reactive ketones (excluding diaryl/α,β-unsaturated/α-hetero) is 2. The molecular formula is C23H16O4. The zero-order chi connectivity index (χ0) is 19.0. The van der Waals surface area contributed by atoms with Crippen molar-refractivity contribution in [3.8, 4) is 0 Å². The van der Waals surface area contributed by atoms with Gasteiger partial charge in [-0.05, 0) is 11.1 Å². The fourth-order valence-electron chi connectivity index (χ4n) is 4.02. The SMILES string of the molecule is O=C(O)[C@H](c1ccccc1)C1(c2ccccc2)C(=O)c2ccccc2C1=O. The van der Waals surface area contributed by atoms with Crippen LogP contribution in [0.3, 0.4) is 0 Å². The normalized spacial score (nSPS) is 16.0. The molecule has 0 heterocycles. The molecule has 0 aliphatic heterocycles. The van der Waals surface area contributed by atoms with E-state index in [2.05, 4.69) is 0 Å². The van der Waals surface area contributed by atoms with Crippen LogP contribution < -0.4 is 0 Å². The summed E-state index contributed by atoms with van der Waals surface area (Å²) in [5, 5.41) is 10.1. The first-order valence-electron chi connectivity index (χ1n) is 8.60. The van der Waals surface area contributed by atoms with Gasteiger partial charge in [0.25, 0.3) is 0 Å². The van der Waals surface area contributed by atoms with Gasteiger partial charge in [-0.15, -0.1) is 0 Å². The van der Waals surface area contributed by atoms with E-state index in [1.54, 1.807) is 84.9 Å². The third kappa shape index (κ3) is 2.34. The molecule has 0 saturated carbocycles. The second kappa shape index (κ2) is 6.32. The molecule has 0 bridgehead atoms. The van der Waals surface area contributed by atoms with Crippen molar-refractivity contribution in [2.75, 3.05) is 0 Å². The predicted molar refractivity (Wildman–Crippen MR) is 100 cm³/mol. The third-order valence-corrected chi connectivity index (χ3v) is 5.17. The summed E-state index contributed by atoms with van der Waals surface area (Å²) in [5.41, 5.74) is -0.462. The van der Waals surface area contributed by atoms with Gasteiger partial charge in [0.1, 0.15) is 11.3 Å². The van der Waals surface area contributed by atoms with Gasteiger partial charge in [-0.3, -0.25) is 14.4 Å². The quantitative estimate of drug-likeness (QED) is 0.720. The highest BCUT2D eigenvalue weighted by Crippen LogP contribution is 2.49. The van der Waals surface area contributed by atoms with Crippen molar-refractivity contribution >= 4 is 17.5 Å². The van der Waals surface area contributed by atoms with Gasteiger partial charge in [-0.25, -0.2) is 0 Å². The number of rotatable bonds is 4. The van der Waals surface area contributed by atoms with Crippen LogP contribution in [-0.2, 0) is 10.2 Å². The molecule has 3 aromatic carbocycles. The fourth-order valence-corrected chi connectivity index (χ4v) is 4.02. The van der Waals surface area contributed by atoms with E-state index in [0.29, 0.717) is 11.1 Å². The van der Waals surface area contributed by atoms with Crippen LogP contribution in [0.4, 0.5) is 0 Å². The number of hydrogen-bond donors (Lipinski definition) is 1. The lowest BCUT2D eigenvalue weighted by molar-refractivity contribution is -0.139. The number of aliphatic carboxylic acids is 1. The second-order valence-corrected chi connectivity index (χ2v) is 6.56. The number of carbonyl (C=O) groups excluding carboxylic acids is 2. The van der Waals surface area contributed by atoms with Crippen LogP contribution in [0, 0.1) is 0 Å². The van der Waals surface area contributed by atoms with E-state index in [-0.39, 0.29) is 11.1 Å². The maximum absolute atomic E-state index is 13.6. The molecular weight excluding hydrogens is 340 g/mol. The Morgan fingerprint density at radius 1 is 0.704 bits per heavy atom. The zero-order valence-corrected chi connectivity index (χ0v) is 14.3. The summed E-state index contributed by atoms with van der Waals surface area (Å²) < 4.78 is 0. The minimum Gasteiger partial charge on any atom is -0.481 e. The maximum Gasteiger partial charge on any atom is 0.312 e. The summed E-state index contributed by atoms with van der Waals surface area (Å²) in [7, 11) is 0. The van der Waals surface area contributed by atoms with Crippen molar-refractivity contribution in [3.05, 3.63) is 107 Å². The Balaban J connectivity index is 2.07. The maximum atomic E-state index is 13.6. The average Bonchev–Trinajstić information content (AvgIpc) is 2.93. The molecule has 4 rings (SSSR count). The molecule has 0 spiro atoms. The lowest BCUT2D eigenvalue weighted by Gasteiger charge is -2.33. The highest BCUT2D eigenvalue weighted by atomic mass is 16.4. The Kier molecular flexibility index (Phi) is 3.96. The van der Waals surface area contributed by atoms with Crippen molar-refractivity contribution in [1.82, 2.24) is 0 Å². The number of hydrogen-bond acceptors (Lipinski definition) is 3. The molecule has 0 aromatic heterocycles. The molecule has 0 fully saturated rings. The van der Waals surface area contributed by atoms with Crippen molar-refractivity contribution in [2.24, 2.45) is 0 Å². The smallest absolute Gasteiger partial charge is 0.312 e. The Labute approximate surface area is 156 Å². The van der Waals surface area contributed by atoms with Gasteiger partial charge >= 0.3 is 5.97 Å². The van der Waals surface area contributed by atoms with Crippen LogP contribution in [0.25, 0.3) is 0 Å². The number of ketones is 2. The molecule has 1 aliphatic rings. The largest absolute Gasteiger partial charge is 0.481 e. The van der Waals surface area contributed by atoms with E-state index in [1.165, 1.54) is 0 Å². The summed E-state index contributed by atoms with van der Waals surface area (Å²) in [5.74, 6) is -3.47. The second-order valence-electron chi connectivity index (χ2n) is 6.56. The van der Waals surface area contributed by atoms with Crippen LogP contribution in [0.15, 0.2) is 84.9 Å². The highest BCUT2D eigenvalue weighted by molar-refractivity contribution is 6.35. The lowest BCUT2D eigenvalue weighted by Crippen LogP contribution is -2.47. The van der Waals surface area contributed by atoms with Crippen LogP contribution >= 0.6 is 0 Å². The number of carboxylic acids is 1. The van der Waals surface area contributed by atoms with Gasteiger partial charge in [0.15, 0.2) is 11.6 Å². The summed E-state index contributed by atoms with van der Waals surface area (Å²) >= 11 is 0. The minimum absolute atomic E-state index is 0.272. The first-order chi connectivity index (χ1) is 13.1. The molecule has 0 amide bonds. The molecule has 4 nitrogen and oxygen atoms in total. The van der Waals surface area contributed by atoms with Crippen LogP contribution in [0.1, 0.15) is 37.8 Å². The van der Waals surface area contributed by atoms with Crippen molar-refractivity contribution in [1.29, 1.82) is 0 Å². The molecule has 132 valence electrons. The highest BCUT2D eigenvalue weighted by Gasteiger charge is 2.61. The van der Waals surface area contributed by atoms with E-state index >= 15 is 0 Å². The molecule has 1 aliphatic carbocycles. The molecule has 27 heavy (non-hydrogen) atoms. The zero-order valence-electron chi connectivity index (χ0n) is 14.3. The Hall–Kier alpha value is -3.53. The molecule has 3 aromatic rings. The van der Waals surface area contributed by atoms with Crippen LogP contribution in [0.5, 0.6) is 0 Å². The fraction of sp³-hybridized carbons (Fsp3) is 0.0870. The van der Waals surface area contributed by atoms with Gasteiger partial charge in [-0.1, -0.05) is 84.9 Å². The minimum atomic E-state index is -1.82. The Bertz CT molecular complexity index is 1000. The van der Waals surface area contributed by atoms with Gasteiger partial charge in [-0.2, -0.15) is 0 Å². The lowest BCUT2D eigenvalue weighted by atomic mass is 9.64. The number of benzene rings is 3. The molecule has 0 saturated heterocycles. The van der Waals surface area contributed by atoms with E-state index in [1.807, 2.05) is 0 Å². The van der Waals surface area contributed by atoms with E-state index < -0.39 is 28.9 Å². The molecule has 1 N–H and O–H groups in total. The van der Waals surface area contributed by atoms with Crippen molar-refractivity contribution < 1.29 is 19.5 Å². The van der Waals surface area contributed by atoms with Gasteiger partial charge < -0.3 is 5.11 Å². The van der Waals surface area contributed by atoms with Gasteiger partial charge in [0, 0.05) is 11.1 Å². The van der Waals surface area contributed by atoms with E-state index in [9.17, 15) is 19.5 Å². The number of carboxylic acid groups (broad SMARTS) is 1. The Morgan fingerprint density at radius 3 is 1.63 bits per heavy atom. The van der Waals surface area contributed by atoms with E-state index in [0.717, 1.165) is 0 Å². The molecule has 0 radical (unpaired) electrons. The van der Waals surface area contributed by atoms with Gasteiger partial charge in [0.05, 0.1) is 0 Å². The average molecular weight is 356 g/mol. The summed E-state index contributed by atoms with van der Waals surface area (Å²) in [4.78, 5) is 39.5. The predicted octanol–water partition coefficient (Wildman–Crippen LogP) is 3.87. The monoisotopic (exact) mass is 356 g/mol. The standard InChI is InChI=1S/C23H16O4/c24-20-17-13-7-8-14-18(17)21(25)23(20,16-11-5-2-6-12-16)19(22(26)27)15-9-3-1-4-10-15/h1-14,19H,(H,26,27)/t19-/m0/s1. The Morgan fingerprint density at radius 2 is 1.15 bits per heavy atom. The molecule has 4 heteroatoms. The van der Waals surface area contributed by atoms with Crippen molar-refractivity contribution in [3.63, 3.8) is 0 Å². The van der Waals surface area contributed by atoms with Crippen molar-refractivity contribution in [2.45, 2.75) is 11.3 Å². The topological polar surface area (TPSA) is 71.4 Å². The summed E-state index contributed by atoms with van der Waals surface area (Å²) in [6, 6.07) is 23.5. The first kappa shape index (κ1) is 16.9. The first-order valence-corrected chi connectivity index (χ1v) is 8.60. The summed E-state index contributed by atoms with van der Waals surface area (Å²) in [6.45, 7) is 0. The third-order valence-electron chi connectivity index (χ3n) is 5.17.